The van der Waals surface area contributed by atoms with Crippen LogP contribution in [0, 0.1) is 0 Å². The molecule has 0 saturated heterocycles. The topological polar surface area (TPSA) is 56.6 Å². The monoisotopic (exact) mass is 403 g/mol. The summed E-state index contributed by atoms with van der Waals surface area (Å²) >= 11 is 0. The van der Waals surface area contributed by atoms with Crippen LogP contribution >= 0.6 is 0 Å². The van der Waals surface area contributed by atoms with Crippen LogP contribution in [0.5, 0.6) is 11.5 Å². The summed E-state index contributed by atoms with van der Waals surface area (Å²) in [6.45, 7) is 0.865. The molecule has 2 heterocycles. The van der Waals surface area contributed by atoms with E-state index >= 15 is 0 Å². The van der Waals surface area contributed by atoms with E-state index < -0.39 is 0 Å². The summed E-state index contributed by atoms with van der Waals surface area (Å²) in [4.78, 5) is 15.4. The maximum absolute atomic E-state index is 13.3. The van der Waals surface area contributed by atoms with Gasteiger partial charge in [-0.1, -0.05) is 31.0 Å². The van der Waals surface area contributed by atoms with Gasteiger partial charge in [-0.2, -0.15) is 5.10 Å². The van der Waals surface area contributed by atoms with Crippen LogP contribution < -0.4 is 9.47 Å². The molecule has 30 heavy (non-hydrogen) atoms. The van der Waals surface area contributed by atoms with E-state index in [0.717, 1.165) is 41.2 Å². The maximum Gasteiger partial charge on any atom is 0.231 e. The lowest BCUT2D eigenvalue weighted by Gasteiger charge is -2.29. The van der Waals surface area contributed by atoms with Gasteiger partial charge < -0.3 is 14.4 Å². The van der Waals surface area contributed by atoms with Gasteiger partial charge in [0.15, 0.2) is 11.5 Å². The zero-order chi connectivity index (χ0) is 20.3. The number of aromatic nitrogens is 2. The first-order valence-electron chi connectivity index (χ1n) is 10.5. The first kappa shape index (κ1) is 18.7. The van der Waals surface area contributed by atoms with Crippen molar-refractivity contribution in [3.8, 4) is 17.2 Å². The Morgan fingerprint density at radius 1 is 1.03 bits per heavy atom. The fourth-order valence-electron chi connectivity index (χ4n) is 4.34. The van der Waals surface area contributed by atoms with Gasteiger partial charge in [0, 0.05) is 25.0 Å². The van der Waals surface area contributed by atoms with Gasteiger partial charge in [0.25, 0.3) is 0 Å². The third kappa shape index (κ3) is 3.90. The summed E-state index contributed by atoms with van der Waals surface area (Å²) in [7, 11) is 0. The van der Waals surface area contributed by atoms with Gasteiger partial charge in [0.2, 0.25) is 12.7 Å². The molecule has 5 rings (SSSR count). The smallest absolute Gasteiger partial charge is 0.231 e. The summed E-state index contributed by atoms with van der Waals surface area (Å²) in [6, 6.07) is 16.2. The average Bonchev–Trinajstić information content (AvgIpc) is 3.55. The molecule has 3 aromatic rings. The van der Waals surface area contributed by atoms with Crippen molar-refractivity contribution in [2.45, 2.75) is 44.7 Å². The summed E-state index contributed by atoms with van der Waals surface area (Å²) in [6.07, 6.45) is 8.60. The first-order chi connectivity index (χ1) is 14.8. The number of amides is 1. The van der Waals surface area contributed by atoms with Crippen LogP contribution in [-0.2, 0) is 17.8 Å². The molecule has 1 amide bonds. The molecule has 1 saturated carbocycles. The number of hydrogen-bond donors (Lipinski definition) is 0. The van der Waals surface area contributed by atoms with Crippen LogP contribution in [0.25, 0.3) is 5.69 Å². The number of ether oxygens (including phenoxy) is 2. The highest BCUT2D eigenvalue weighted by Gasteiger charge is 2.27. The Bertz CT molecular complexity index is 1010. The van der Waals surface area contributed by atoms with Crippen LogP contribution in [0.3, 0.4) is 0 Å². The highest BCUT2D eigenvalue weighted by Crippen LogP contribution is 2.34. The molecule has 0 atom stereocenters. The predicted octanol–water partition coefficient (Wildman–Crippen LogP) is 4.11. The quantitative estimate of drug-likeness (QED) is 0.621. The second kappa shape index (κ2) is 8.22. The third-order valence-electron chi connectivity index (χ3n) is 5.94. The second-order valence-electron chi connectivity index (χ2n) is 7.94. The van der Waals surface area contributed by atoms with Crippen molar-refractivity contribution in [3.05, 3.63) is 72.1 Å². The van der Waals surface area contributed by atoms with Crippen LogP contribution in [0.1, 0.15) is 36.8 Å². The summed E-state index contributed by atoms with van der Waals surface area (Å²) in [5.41, 5.74) is 3.09. The van der Waals surface area contributed by atoms with Crippen LogP contribution in [0.4, 0.5) is 0 Å². The average molecular weight is 403 g/mol. The first-order valence-corrected chi connectivity index (χ1v) is 10.5. The summed E-state index contributed by atoms with van der Waals surface area (Å²) < 4.78 is 12.7. The molecule has 0 radical (unpaired) electrons. The zero-order valence-corrected chi connectivity index (χ0v) is 16.9. The number of carbonyl (C=O) groups is 1. The van der Waals surface area contributed by atoms with Crippen molar-refractivity contribution in [1.82, 2.24) is 14.7 Å². The number of nitrogens with zero attached hydrogens (tertiary/aromatic N) is 3. The molecule has 1 aliphatic carbocycles. The van der Waals surface area contributed by atoms with Gasteiger partial charge in [-0.25, -0.2) is 4.68 Å². The molecule has 1 fully saturated rings. The highest BCUT2D eigenvalue weighted by atomic mass is 16.7. The van der Waals surface area contributed by atoms with E-state index in [-0.39, 0.29) is 12.7 Å². The number of hydrogen-bond acceptors (Lipinski definition) is 4. The standard InChI is InChI=1S/C24H25N3O3/c28-24(15-18-6-9-21(10-7-18)27-13-3-12-25-27)26(20-4-1-2-5-20)16-19-8-11-22-23(14-19)30-17-29-22/h3,6-14,20H,1-2,4-5,15-17H2. The fraction of sp³-hybridized carbons (Fsp3) is 0.333. The van der Waals surface area contributed by atoms with Gasteiger partial charge in [-0.15, -0.1) is 0 Å². The SMILES string of the molecule is O=C(Cc1ccc(-n2cccn2)cc1)N(Cc1ccc2c(c1)OCO2)C1CCCC1. The molecule has 0 unspecified atom stereocenters. The molecular formula is C24H25N3O3. The lowest BCUT2D eigenvalue weighted by molar-refractivity contribution is -0.133. The molecule has 0 bridgehead atoms. The lowest BCUT2D eigenvalue weighted by Crippen LogP contribution is -2.39. The number of fused-ring (bicyclic) bond motifs is 1. The Morgan fingerprint density at radius 3 is 2.57 bits per heavy atom. The van der Waals surface area contributed by atoms with Gasteiger partial charge in [-0.3, -0.25) is 4.79 Å². The fourth-order valence-corrected chi connectivity index (χ4v) is 4.34. The van der Waals surface area contributed by atoms with E-state index in [0.29, 0.717) is 19.0 Å². The molecule has 6 heteroatoms. The Balaban J connectivity index is 1.31. The number of rotatable bonds is 6. The Hall–Kier alpha value is -3.28. The van der Waals surface area contributed by atoms with E-state index in [2.05, 4.69) is 10.00 Å². The number of benzene rings is 2. The zero-order valence-electron chi connectivity index (χ0n) is 16.9. The highest BCUT2D eigenvalue weighted by molar-refractivity contribution is 5.79. The van der Waals surface area contributed by atoms with Crippen molar-refractivity contribution in [1.29, 1.82) is 0 Å². The van der Waals surface area contributed by atoms with E-state index in [9.17, 15) is 4.79 Å². The van der Waals surface area contributed by atoms with E-state index in [1.54, 1.807) is 6.20 Å². The molecule has 0 spiro atoms. The van der Waals surface area contributed by atoms with E-state index in [1.807, 2.05) is 59.4 Å². The van der Waals surface area contributed by atoms with Gasteiger partial charge in [0.1, 0.15) is 0 Å². The van der Waals surface area contributed by atoms with E-state index in [1.165, 1.54) is 12.8 Å². The minimum absolute atomic E-state index is 0.173. The molecule has 2 aromatic carbocycles. The van der Waals surface area contributed by atoms with Crippen LogP contribution in [-0.4, -0.2) is 33.4 Å². The largest absolute Gasteiger partial charge is 0.454 e. The lowest BCUT2D eigenvalue weighted by atomic mass is 10.1. The third-order valence-corrected chi connectivity index (χ3v) is 5.94. The van der Waals surface area contributed by atoms with Crippen molar-refractivity contribution >= 4 is 5.91 Å². The van der Waals surface area contributed by atoms with Crippen molar-refractivity contribution in [2.75, 3.05) is 6.79 Å². The Morgan fingerprint density at radius 2 is 1.80 bits per heavy atom. The molecule has 154 valence electrons. The van der Waals surface area contributed by atoms with Crippen LogP contribution in [0.15, 0.2) is 60.9 Å². The summed E-state index contributed by atoms with van der Waals surface area (Å²) in [5, 5.41) is 4.25. The molecule has 1 aliphatic heterocycles. The molecular weight excluding hydrogens is 378 g/mol. The van der Waals surface area contributed by atoms with Crippen molar-refractivity contribution < 1.29 is 14.3 Å². The minimum atomic E-state index is 0.173. The molecule has 2 aliphatic rings. The van der Waals surface area contributed by atoms with Crippen molar-refractivity contribution in [3.63, 3.8) is 0 Å². The number of carbonyl (C=O) groups excluding carboxylic acids is 1. The summed E-state index contributed by atoms with van der Waals surface area (Å²) in [5.74, 6) is 1.71. The maximum atomic E-state index is 13.3. The minimum Gasteiger partial charge on any atom is -0.454 e. The van der Waals surface area contributed by atoms with Crippen LogP contribution in [0.2, 0.25) is 0 Å². The molecule has 1 aromatic heterocycles. The van der Waals surface area contributed by atoms with Gasteiger partial charge >= 0.3 is 0 Å². The van der Waals surface area contributed by atoms with E-state index in [4.69, 9.17) is 9.47 Å². The van der Waals surface area contributed by atoms with Crippen molar-refractivity contribution in [2.24, 2.45) is 0 Å². The van der Waals surface area contributed by atoms with Gasteiger partial charge in [-0.05, 0) is 54.3 Å². The molecule has 0 N–H and O–H groups in total. The second-order valence-corrected chi connectivity index (χ2v) is 7.94. The normalized spacial score (nSPS) is 15.5. The predicted molar refractivity (Wildman–Crippen MR) is 113 cm³/mol. The Kier molecular flexibility index (Phi) is 5.13. The molecule has 6 nitrogen and oxygen atoms in total. The van der Waals surface area contributed by atoms with Gasteiger partial charge in [0.05, 0.1) is 12.1 Å². The Labute approximate surface area is 176 Å².